The molecule has 0 unspecified atom stereocenters. The molecule has 2 aliphatic carbocycles. The second kappa shape index (κ2) is 17.4. The number of nitrogens with zero attached hydrogens (tertiary/aromatic N) is 2. The number of amides is 2. The maximum absolute atomic E-state index is 13.1. The van der Waals surface area contributed by atoms with E-state index in [0.29, 0.717) is 41.3 Å². The normalized spacial score (nSPS) is 23.7. The molecule has 2 N–H and O–H groups in total. The molecule has 4 fully saturated rings. The summed E-state index contributed by atoms with van der Waals surface area (Å²) in [4.78, 5) is 30.4. The third-order valence-corrected chi connectivity index (χ3v) is 11.0. The highest BCUT2D eigenvalue weighted by atomic mass is 19.4. The summed E-state index contributed by atoms with van der Waals surface area (Å²) in [6.45, 7) is 3.78. The van der Waals surface area contributed by atoms with Crippen molar-refractivity contribution in [2.45, 2.75) is 121 Å². The zero-order valence-corrected chi connectivity index (χ0v) is 30.6. The first-order valence-corrected chi connectivity index (χ1v) is 18.5. The van der Waals surface area contributed by atoms with Crippen molar-refractivity contribution < 1.29 is 54.2 Å². The summed E-state index contributed by atoms with van der Waals surface area (Å²) in [5.74, 6) is -2.37. The van der Waals surface area contributed by atoms with E-state index in [2.05, 4.69) is 25.2 Å². The molecule has 2 aromatic carbocycles. The number of ether oxygens (including phenoxy) is 2. The zero-order chi connectivity index (χ0) is 39.4. The van der Waals surface area contributed by atoms with Gasteiger partial charge in [-0.25, -0.2) is 0 Å². The zero-order valence-electron chi connectivity index (χ0n) is 30.6. The van der Waals surface area contributed by atoms with Crippen LogP contribution in [0.15, 0.2) is 24.3 Å². The summed E-state index contributed by atoms with van der Waals surface area (Å²) in [5, 5.41) is 5.90. The first kappa shape index (κ1) is 41.5. The molecule has 0 bridgehead atoms. The standard InChI is InChI=1S/C19H23F5N2O3.C19H25F3N2O/c1-28-14-9-11(19(22,23)24)10-15(29-18(20)21)16(14)17(27)25-12-5-4-6-13(12)26-7-2-3-8-26;1-12-10-14(19(20,21)22)11-13(2)17(12)18(25)23-15-6-5-7-16(15)24-8-3-4-9-24/h9-10,12-13,18H,2-8H2,1H3,(H,25,27);10-11,15-16H,3-9H2,1-2H3,(H,23,25)/t12-,13+;15-,16+/m11/s1. The maximum atomic E-state index is 13.1. The number of likely N-dealkylation sites (tertiary alicyclic amines) is 2. The summed E-state index contributed by atoms with van der Waals surface area (Å²) < 4.78 is 113. The van der Waals surface area contributed by atoms with Crippen molar-refractivity contribution in [2.75, 3.05) is 33.3 Å². The van der Waals surface area contributed by atoms with Crippen LogP contribution in [0.2, 0.25) is 0 Å². The van der Waals surface area contributed by atoms with Gasteiger partial charge < -0.3 is 20.1 Å². The monoisotopic (exact) mass is 776 g/mol. The van der Waals surface area contributed by atoms with Crippen molar-refractivity contribution in [1.82, 2.24) is 20.4 Å². The summed E-state index contributed by atoms with van der Waals surface area (Å²) in [6, 6.07) is 3.50. The van der Waals surface area contributed by atoms with E-state index in [1.54, 1.807) is 13.8 Å². The SMILES string of the molecule is COc1cc(C(F)(F)F)cc(OC(F)F)c1C(=O)N[C@@H]1CCC[C@@H]1N1CCCC1.Cc1cc(C(F)(F)F)cc(C)c1C(=O)N[C@@H]1CCC[C@@H]1N1CCCC1. The van der Waals surface area contributed by atoms with Gasteiger partial charge in [0.05, 0.1) is 18.2 Å². The minimum Gasteiger partial charge on any atom is -0.496 e. The Hall–Kier alpha value is -3.66. The lowest BCUT2D eigenvalue weighted by Gasteiger charge is -2.30. The molecule has 2 heterocycles. The quantitative estimate of drug-likeness (QED) is 0.251. The van der Waals surface area contributed by atoms with Gasteiger partial charge in [-0.15, -0.1) is 0 Å². The number of halogens is 8. The van der Waals surface area contributed by atoms with E-state index < -0.39 is 53.1 Å². The van der Waals surface area contributed by atoms with Crippen molar-refractivity contribution in [3.05, 3.63) is 57.6 Å². The van der Waals surface area contributed by atoms with Gasteiger partial charge in [0.1, 0.15) is 17.1 Å². The Morgan fingerprint density at radius 3 is 1.46 bits per heavy atom. The maximum Gasteiger partial charge on any atom is 0.416 e. The van der Waals surface area contributed by atoms with Crippen LogP contribution in [0.3, 0.4) is 0 Å². The second-order valence-electron chi connectivity index (χ2n) is 14.6. The number of rotatable bonds is 9. The van der Waals surface area contributed by atoms with Crippen LogP contribution >= 0.6 is 0 Å². The number of benzene rings is 2. The van der Waals surface area contributed by atoms with Crippen molar-refractivity contribution >= 4 is 11.8 Å². The first-order valence-electron chi connectivity index (χ1n) is 18.5. The Morgan fingerprint density at radius 1 is 0.648 bits per heavy atom. The van der Waals surface area contributed by atoms with Gasteiger partial charge in [-0.05, 0) is 140 Å². The van der Waals surface area contributed by atoms with E-state index in [4.69, 9.17) is 4.74 Å². The summed E-state index contributed by atoms with van der Waals surface area (Å²) in [7, 11) is 1.07. The molecule has 0 radical (unpaired) electrons. The van der Waals surface area contributed by atoms with Gasteiger partial charge in [0.2, 0.25) is 0 Å². The van der Waals surface area contributed by atoms with Crippen molar-refractivity contribution in [3.8, 4) is 11.5 Å². The molecular formula is C38H48F8N4O4. The number of methoxy groups -OCH3 is 1. The highest BCUT2D eigenvalue weighted by molar-refractivity contribution is 6.00. The molecule has 2 amide bonds. The molecule has 6 rings (SSSR count). The fourth-order valence-corrected chi connectivity index (χ4v) is 8.53. The predicted octanol–water partition coefficient (Wildman–Crippen LogP) is 8.13. The average molecular weight is 777 g/mol. The number of carbonyl (C=O) groups is 2. The van der Waals surface area contributed by atoms with E-state index in [9.17, 15) is 44.7 Å². The molecule has 8 nitrogen and oxygen atoms in total. The molecule has 300 valence electrons. The van der Waals surface area contributed by atoms with Crippen LogP contribution in [0.5, 0.6) is 11.5 Å². The van der Waals surface area contributed by atoms with Crippen LogP contribution in [0.4, 0.5) is 35.1 Å². The molecule has 0 spiro atoms. The largest absolute Gasteiger partial charge is 0.496 e. The van der Waals surface area contributed by atoms with E-state index in [0.717, 1.165) is 90.4 Å². The van der Waals surface area contributed by atoms with Gasteiger partial charge in [-0.1, -0.05) is 0 Å². The van der Waals surface area contributed by atoms with Crippen molar-refractivity contribution in [3.63, 3.8) is 0 Å². The Kier molecular flexibility index (Phi) is 13.4. The van der Waals surface area contributed by atoms with Gasteiger partial charge in [-0.3, -0.25) is 19.4 Å². The van der Waals surface area contributed by atoms with Crippen LogP contribution in [-0.4, -0.2) is 85.7 Å². The van der Waals surface area contributed by atoms with E-state index in [1.165, 1.54) is 12.8 Å². The minimum absolute atomic E-state index is 0.0895. The summed E-state index contributed by atoms with van der Waals surface area (Å²) >= 11 is 0. The highest BCUT2D eigenvalue weighted by Gasteiger charge is 2.39. The topological polar surface area (TPSA) is 83.1 Å². The molecule has 2 saturated carbocycles. The molecule has 16 heteroatoms. The molecule has 2 saturated heterocycles. The third-order valence-electron chi connectivity index (χ3n) is 11.0. The third kappa shape index (κ3) is 9.95. The molecule has 54 heavy (non-hydrogen) atoms. The van der Waals surface area contributed by atoms with Gasteiger partial charge in [0.25, 0.3) is 11.8 Å². The van der Waals surface area contributed by atoms with Crippen molar-refractivity contribution in [1.29, 1.82) is 0 Å². The number of carbonyl (C=O) groups excluding carboxylic acids is 2. The molecule has 4 atom stereocenters. The second-order valence-corrected chi connectivity index (χ2v) is 14.6. The number of hydrogen-bond acceptors (Lipinski definition) is 6. The Labute approximate surface area is 309 Å². The summed E-state index contributed by atoms with van der Waals surface area (Å²) in [5.41, 5.74) is -1.28. The van der Waals surface area contributed by atoms with Crippen LogP contribution < -0.4 is 20.1 Å². The molecule has 2 aliphatic heterocycles. The van der Waals surface area contributed by atoms with Gasteiger partial charge in [-0.2, -0.15) is 35.1 Å². The Morgan fingerprint density at radius 2 is 1.06 bits per heavy atom. The lowest BCUT2D eigenvalue weighted by atomic mass is 9.97. The lowest BCUT2D eigenvalue weighted by molar-refractivity contribution is -0.138. The van der Waals surface area contributed by atoms with Gasteiger partial charge in [0.15, 0.2) is 0 Å². The number of hydrogen-bond donors (Lipinski definition) is 2. The van der Waals surface area contributed by atoms with E-state index in [-0.39, 0.29) is 24.0 Å². The number of nitrogens with one attached hydrogen (secondary N) is 2. The number of aryl methyl sites for hydroxylation is 2. The molecule has 0 aromatic heterocycles. The fraction of sp³-hybridized carbons (Fsp3) is 0.632. The molecular weight excluding hydrogens is 728 g/mol. The smallest absolute Gasteiger partial charge is 0.416 e. The Balaban J connectivity index is 0.000000210. The van der Waals surface area contributed by atoms with Gasteiger partial charge >= 0.3 is 19.0 Å². The molecule has 4 aliphatic rings. The molecule has 2 aromatic rings. The van der Waals surface area contributed by atoms with E-state index >= 15 is 0 Å². The minimum atomic E-state index is -4.81. The Bertz CT molecular complexity index is 1600. The van der Waals surface area contributed by atoms with E-state index in [1.807, 2.05) is 0 Å². The average Bonchev–Trinajstić information content (AvgIpc) is 3.91. The summed E-state index contributed by atoms with van der Waals surface area (Å²) in [6.07, 6.45) is 0.965. The predicted molar refractivity (Wildman–Crippen MR) is 185 cm³/mol. The first-order chi connectivity index (χ1) is 25.5. The van der Waals surface area contributed by atoms with Crippen LogP contribution in [0.25, 0.3) is 0 Å². The van der Waals surface area contributed by atoms with Gasteiger partial charge in [0, 0.05) is 29.7 Å². The van der Waals surface area contributed by atoms with Crippen LogP contribution in [0, 0.1) is 13.8 Å². The number of alkyl halides is 8. The van der Waals surface area contributed by atoms with Crippen LogP contribution in [0.1, 0.15) is 107 Å². The van der Waals surface area contributed by atoms with Crippen LogP contribution in [-0.2, 0) is 12.4 Å². The van der Waals surface area contributed by atoms with Crippen molar-refractivity contribution in [2.24, 2.45) is 0 Å². The highest BCUT2D eigenvalue weighted by Crippen LogP contribution is 2.40. The fourth-order valence-electron chi connectivity index (χ4n) is 8.53. The lowest BCUT2D eigenvalue weighted by Crippen LogP contribution is -2.48.